The SMILES string of the molecule is N#Cc1cnn2c1N(C(=O)CN1CCN(CCc3ccccc3)CC1)CC=C2c1cccc(C(F)(F)F)c1. The van der Waals surface area contributed by atoms with Gasteiger partial charge in [-0.05, 0) is 30.2 Å². The predicted octanol–water partition coefficient (Wildman–Crippen LogP) is 3.87. The van der Waals surface area contributed by atoms with Gasteiger partial charge in [-0.3, -0.25) is 14.6 Å². The average Bonchev–Trinajstić information content (AvgIpc) is 3.37. The Morgan fingerprint density at radius 1 is 1.00 bits per heavy atom. The Morgan fingerprint density at radius 3 is 2.45 bits per heavy atom. The van der Waals surface area contributed by atoms with Crippen molar-refractivity contribution in [1.82, 2.24) is 19.6 Å². The van der Waals surface area contributed by atoms with Crippen molar-refractivity contribution in [2.45, 2.75) is 12.6 Å². The summed E-state index contributed by atoms with van der Waals surface area (Å²) in [5.74, 6) is 0.106. The maximum absolute atomic E-state index is 13.4. The lowest BCUT2D eigenvalue weighted by Crippen LogP contribution is -2.51. The second-order valence-electron chi connectivity index (χ2n) is 9.43. The van der Waals surface area contributed by atoms with E-state index in [2.05, 4.69) is 33.1 Å². The third kappa shape index (κ3) is 5.49. The first kappa shape index (κ1) is 25.7. The van der Waals surface area contributed by atoms with E-state index in [-0.39, 0.29) is 30.4 Å². The first-order chi connectivity index (χ1) is 18.3. The van der Waals surface area contributed by atoms with Gasteiger partial charge in [-0.2, -0.15) is 23.5 Å². The fourth-order valence-corrected chi connectivity index (χ4v) is 4.90. The van der Waals surface area contributed by atoms with Gasteiger partial charge in [0, 0.05) is 44.8 Å². The summed E-state index contributed by atoms with van der Waals surface area (Å²) in [6.07, 6.45) is -0.484. The van der Waals surface area contributed by atoms with Crippen LogP contribution in [-0.2, 0) is 17.4 Å². The van der Waals surface area contributed by atoms with Crippen molar-refractivity contribution >= 4 is 17.4 Å². The van der Waals surface area contributed by atoms with Crippen LogP contribution < -0.4 is 4.90 Å². The topological polar surface area (TPSA) is 68.4 Å². The summed E-state index contributed by atoms with van der Waals surface area (Å²) in [5, 5.41) is 13.9. The molecular weight excluding hydrogens is 493 g/mol. The van der Waals surface area contributed by atoms with Crippen molar-refractivity contribution in [3.63, 3.8) is 0 Å². The van der Waals surface area contributed by atoms with Crippen molar-refractivity contribution in [2.24, 2.45) is 0 Å². The number of fused-ring (bicyclic) bond motifs is 1. The maximum Gasteiger partial charge on any atom is 0.416 e. The number of hydrogen-bond donors (Lipinski definition) is 0. The molecule has 0 bridgehead atoms. The minimum absolute atomic E-state index is 0.141. The normalized spacial score (nSPS) is 16.6. The van der Waals surface area contributed by atoms with Gasteiger partial charge in [-0.25, -0.2) is 4.68 Å². The van der Waals surface area contributed by atoms with Gasteiger partial charge in [0.15, 0.2) is 5.82 Å². The molecule has 0 unspecified atom stereocenters. The molecule has 2 aromatic carbocycles. The first-order valence-electron chi connectivity index (χ1n) is 12.5. The Balaban J connectivity index is 1.25. The van der Waals surface area contributed by atoms with Gasteiger partial charge in [0.1, 0.15) is 11.6 Å². The lowest BCUT2D eigenvalue weighted by Gasteiger charge is -2.36. The molecule has 0 aliphatic carbocycles. The van der Waals surface area contributed by atoms with Crippen LogP contribution in [0.2, 0.25) is 0 Å². The highest BCUT2D eigenvalue weighted by Crippen LogP contribution is 2.34. The molecule has 3 heterocycles. The third-order valence-corrected chi connectivity index (χ3v) is 6.99. The van der Waals surface area contributed by atoms with Crippen LogP contribution in [0, 0.1) is 11.3 Å². The van der Waals surface area contributed by atoms with E-state index in [0.29, 0.717) is 11.3 Å². The highest BCUT2D eigenvalue weighted by molar-refractivity contribution is 5.97. The van der Waals surface area contributed by atoms with Gasteiger partial charge >= 0.3 is 6.18 Å². The number of nitriles is 1. The molecule has 0 saturated carbocycles. The van der Waals surface area contributed by atoms with E-state index >= 15 is 0 Å². The largest absolute Gasteiger partial charge is 0.416 e. The Morgan fingerprint density at radius 2 is 1.74 bits per heavy atom. The van der Waals surface area contributed by atoms with Crippen molar-refractivity contribution in [2.75, 3.05) is 50.7 Å². The Bertz CT molecular complexity index is 1370. The minimum Gasteiger partial charge on any atom is -0.300 e. The number of alkyl halides is 3. The van der Waals surface area contributed by atoms with E-state index in [1.165, 1.54) is 27.4 Å². The summed E-state index contributed by atoms with van der Waals surface area (Å²) in [4.78, 5) is 19.3. The van der Waals surface area contributed by atoms with Crippen LogP contribution in [0.4, 0.5) is 19.0 Å². The summed E-state index contributed by atoms with van der Waals surface area (Å²) >= 11 is 0. The molecule has 3 aromatic rings. The molecule has 5 rings (SSSR count). The van der Waals surface area contributed by atoms with Gasteiger partial charge in [0.25, 0.3) is 0 Å². The van der Waals surface area contributed by atoms with E-state index in [9.17, 15) is 23.2 Å². The standard InChI is InChI=1S/C28H27F3N6O/c29-28(30,31)24-8-4-7-22(17-24)25-10-12-36(27-23(18-32)19-33-37(25)27)26(38)20-35-15-13-34(14-16-35)11-9-21-5-2-1-3-6-21/h1-8,10,17,19H,9,11-16,20H2. The summed E-state index contributed by atoms with van der Waals surface area (Å²) in [6, 6.07) is 17.4. The molecule has 1 aromatic heterocycles. The zero-order chi connectivity index (χ0) is 26.7. The molecule has 1 fully saturated rings. The highest BCUT2D eigenvalue weighted by atomic mass is 19.4. The van der Waals surface area contributed by atoms with Crippen LogP contribution in [0.25, 0.3) is 5.70 Å². The summed E-state index contributed by atoms with van der Waals surface area (Å²) in [5.41, 5.74) is 1.45. The first-order valence-corrected chi connectivity index (χ1v) is 12.5. The highest BCUT2D eigenvalue weighted by Gasteiger charge is 2.33. The number of carbonyl (C=O) groups excluding carboxylic acids is 1. The average molecular weight is 521 g/mol. The quantitative estimate of drug-likeness (QED) is 0.494. The molecule has 0 atom stereocenters. The Hall–Kier alpha value is -3.94. The maximum atomic E-state index is 13.4. The number of anilines is 1. The van der Waals surface area contributed by atoms with Crippen LogP contribution in [0.5, 0.6) is 0 Å². The van der Waals surface area contributed by atoms with Gasteiger partial charge in [0.05, 0.1) is 24.0 Å². The second-order valence-corrected chi connectivity index (χ2v) is 9.43. The minimum atomic E-state index is -4.48. The predicted molar refractivity (Wildman–Crippen MR) is 137 cm³/mol. The zero-order valence-corrected chi connectivity index (χ0v) is 20.7. The van der Waals surface area contributed by atoms with Crippen LogP contribution in [0.1, 0.15) is 22.3 Å². The number of halogens is 3. The lowest BCUT2D eigenvalue weighted by atomic mass is 10.1. The molecule has 2 aliphatic rings. The van der Waals surface area contributed by atoms with Crippen LogP contribution in [0.15, 0.2) is 66.9 Å². The summed E-state index contributed by atoms with van der Waals surface area (Å²) in [6.45, 7) is 4.53. The van der Waals surface area contributed by atoms with Crippen molar-refractivity contribution in [3.8, 4) is 6.07 Å². The van der Waals surface area contributed by atoms with Gasteiger partial charge in [-0.15, -0.1) is 0 Å². The monoisotopic (exact) mass is 520 g/mol. The number of nitrogens with zero attached hydrogens (tertiary/aromatic N) is 6. The van der Waals surface area contributed by atoms with Crippen LogP contribution in [0.3, 0.4) is 0 Å². The van der Waals surface area contributed by atoms with E-state index < -0.39 is 11.7 Å². The Kier molecular flexibility index (Phi) is 7.31. The second kappa shape index (κ2) is 10.8. The van der Waals surface area contributed by atoms with Crippen LogP contribution >= 0.6 is 0 Å². The molecular formula is C28H27F3N6O. The molecule has 7 nitrogen and oxygen atoms in total. The van der Waals surface area contributed by atoms with Gasteiger partial charge in [-0.1, -0.05) is 42.5 Å². The lowest BCUT2D eigenvalue weighted by molar-refractivity contribution is -0.137. The smallest absolute Gasteiger partial charge is 0.300 e. The van der Waals surface area contributed by atoms with Crippen molar-refractivity contribution in [3.05, 3.63) is 89.1 Å². The number of aromatic nitrogens is 2. The Labute approximate surface area is 219 Å². The van der Waals surface area contributed by atoms with Crippen LogP contribution in [-0.4, -0.2) is 71.3 Å². The third-order valence-electron chi connectivity index (χ3n) is 6.99. The van der Waals surface area contributed by atoms with E-state index in [0.717, 1.165) is 51.3 Å². The van der Waals surface area contributed by atoms with E-state index in [1.54, 1.807) is 12.1 Å². The molecule has 196 valence electrons. The van der Waals surface area contributed by atoms with Gasteiger partial charge < -0.3 is 4.90 Å². The van der Waals surface area contributed by atoms with Gasteiger partial charge in [0.2, 0.25) is 5.91 Å². The molecule has 1 saturated heterocycles. The molecule has 0 N–H and O–H groups in total. The molecule has 2 aliphatic heterocycles. The van der Waals surface area contributed by atoms with E-state index in [1.807, 2.05) is 18.2 Å². The molecule has 0 radical (unpaired) electrons. The molecule has 38 heavy (non-hydrogen) atoms. The number of hydrogen-bond acceptors (Lipinski definition) is 5. The summed E-state index contributed by atoms with van der Waals surface area (Å²) < 4.78 is 41.2. The number of amides is 1. The number of benzene rings is 2. The number of piperazine rings is 1. The fourth-order valence-electron chi connectivity index (χ4n) is 4.90. The summed E-state index contributed by atoms with van der Waals surface area (Å²) in [7, 11) is 0. The van der Waals surface area contributed by atoms with E-state index in [4.69, 9.17) is 0 Å². The molecule has 1 amide bonds. The zero-order valence-electron chi connectivity index (χ0n) is 20.7. The number of rotatable bonds is 6. The molecule has 10 heteroatoms. The van der Waals surface area contributed by atoms with Crippen molar-refractivity contribution in [1.29, 1.82) is 5.26 Å². The fraction of sp³-hybridized carbons (Fsp3) is 0.321. The number of carbonyl (C=O) groups is 1. The molecule has 0 spiro atoms. The van der Waals surface area contributed by atoms with Crippen molar-refractivity contribution < 1.29 is 18.0 Å².